The summed E-state index contributed by atoms with van der Waals surface area (Å²) in [4.78, 5) is 16.0. The van der Waals surface area contributed by atoms with E-state index in [2.05, 4.69) is 15.5 Å². The summed E-state index contributed by atoms with van der Waals surface area (Å²) < 4.78 is 0. The van der Waals surface area contributed by atoms with Crippen LogP contribution in [0, 0.1) is 0 Å². The molecule has 0 atom stereocenters. The van der Waals surface area contributed by atoms with Gasteiger partial charge in [-0.15, -0.1) is 0 Å². The van der Waals surface area contributed by atoms with Crippen molar-refractivity contribution in [3.8, 4) is 0 Å². The lowest BCUT2D eigenvalue weighted by Gasteiger charge is -2.09. The van der Waals surface area contributed by atoms with Gasteiger partial charge in [0.05, 0.1) is 0 Å². The molecule has 1 aliphatic rings. The van der Waals surface area contributed by atoms with Gasteiger partial charge in [0.2, 0.25) is 0 Å². The molecule has 0 aromatic carbocycles. The lowest BCUT2D eigenvalue weighted by molar-refractivity contribution is 0.0949. The van der Waals surface area contributed by atoms with Gasteiger partial charge in [-0.2, -0.15) is 5.10 Å². The van der Waals surface area contributed by atoms with E-state index in [0.29, 0.717) is 5.69 Å². The SMILES string of the molecule is O=C(NN=C1CCCCCCCCCCC1)c1ccccn1. The van der Waals surface area contributed by atoms with Gasteiger partial charge in [-0.25, -0.2) is 5.43 Å². The average molecular weight is 301 g/mol. The summed E-state index contributed by atoms with van der Waals surface area (Å²) in [6.07, 6.45) is 15.3. The summed E-state index contributed by atoms with van der Waals surface area (Å²) in [7, 11) is 0. The first-order valence-electron chi connectivity index (χ1n) is 8.63. The van der Waals surface area contributed by atoms with Crippen molar-refractivity contribution in [2.24, 2.45) is 5.10 Å². The molecule has 1 amide bonds. The molecule has 1 aliphatic carbocycles. The standard InChI is InChI=1S/C18H27N3O/c22-18(17-14-10-11-15-19-17)21-20-16-12-8-6-4-2-1-3-5-7-9-13-16/h10-11,14-15H,1-9,12-13H2,(H,21,22). The minimum atomic E-state index is -0.223. The topological polar surface area (TPSA) is 54.4 Å². The van der Waals surface area contributed by atoms with Gasteiger partial charge >= 0.3 is 0 Å². The van der Waals surface area contributed by atoms with E-state index in [0.717, 1.165) is 18.6 Å². The predicted molar refractivity (Wildman–Crippen MR) is 89.9 cm³/mol. The molecule has 0 bridgehead atoms. The van der Waals surface area contributed by atoms with Gasteiger partial charge < -0.3 is 0 Å². The van der Waals surface area contributed by atoms with Gasteiger partial charge in [-0.3, -0.25) is 9.78 Å². The van der Waals surface area contributed by atoms with Crippen LogP contribution in [-0.2, 0) is 0 Å². The van der Waals surface area contributed by atoms with Crippen LogP contribution >= 0.6 is 0 Å². The van der Waals surface area contributed by atoms with Crippen molar-refractivity contribution >= 4 is 11.6 Å². The Bertz CT molecular complexity index is 456. The number of hydrogen-bond donors (Lipinski definition) is 1. The van der Waals surface area contributed by atoms with Gasteiger partial charge in [-0.1, -0.05) is 51.0 Å². The fourth-order valence-electron chi connectivity index (χ4n) is 2.82. The van der Waals surface area contributed by atoms with Gasteiger partial charge in [0, 0.05) is 11.9 Å². The molecule has 0 radical (unpaired) electrons. The van der Waals surface area contributed by atoms with Crippen LogP contribution in [0.4, 0.5) is 0 Å². The first-order chi connectivity index (χ1) is 10.9. The van der Waals surface area contributed by atoms with Crippen molar-refractivity contribution in [1.82, 2.24) is 10.4 Å². The maximum absolute atomic E-state index is 12.0. The number of hydrazone groups is 1. The van der Waals surface area contributed by atoms with Crippen LogP contribution in [0.1, 0.15) is 81.1 Å². The molecule has 0 aliphatic heterocycles. The zero-order chi connectivity index (χ0) is 15.5. The van der Waals surface area contributed by atoms with Crippen molar-refractivity contribution < 1.29 is 4.79 Å². The van der Waals surface area contributed by atoms with Gasteiger partial charge in [0.15, 0.2) is 0 Å². The fourth-order valence-corrected chi connectivity index (χ4v) is 2.82. The normalized spacial score (nSPS) is 17.9. The van der Waals surface area contributed by atoms with E-state index >= 15 is 0 Å². The number of amides is 1. The molecular formula is C18H27N3O. The number of nitrogens with one attached hydrogen (secondary N) is 1. The number of hydrogen-bond acceptors (Lipinski definition) is 3. The van der Waals surface area contributed by atoms with Crippen LogP contribution in [0.25, 0.3) is 0 Å². The first kappa shape index (κ1) is 16.7. The summed E-state index contributed by atoms with van der Waals surface area (Å²) in [5, 5.41) is 4.36. The van der Waals surface area contributed by atoms with E-state index in [1.165, 1.54) is 57.8 Å². The van der Waals surface area contributed by atoms with Crippen molar-refractivity contribution in [1.29, 1.82) is 0 Å². The van der Waals surface area contributed by atoms with Crippen LogP contribution in [0.5, 0.6) is 0 Å². The van der Waals surface area contributed by atoms with Crippen LogP contribution in [0.3, 0.4) is 0 Å². The second-order valence-corrected chi connectivity index (χ2v) is 6.02. The average Bonchev–Trinajstić information content (AvgIpc) is 2.55. The third-order valence-corrected chi connectivity index (χ3v) is 4.14. The van der Waals surface area contributed by atoms with E-state index in [1.807, 2.05) is 6.07 Å². The molecular weight excluding hydrogens is 274 g/mol. The van der Waals surface area contributed by atoms with Crippen LogP contribution in [0.15, 0.2) is 29.5 Å². The minimum absolute atomic E-state index is 0.223. The van der Waals surface area contributed by atoms with Crippen LogP contribution in [-0.4, -0.2) is 16.6 Å². The highest BCUT2D eigenvalue weighted by atomic mass is 16.2. The smallest absolute Gasteiger partial charge is 0.266 e. The highest BCUT2D eigenvalue weighted by molar-refractivity contribution is 5.93. The molecule has 0 unspecified atom stereocenters. The number of carbonyl (C=O) groups excluding carboxylic acids is 1. The second-order valence-electron chi connectivity index (χ2n) is 6.02. The van der Waals surface area contributed by atoms with Gasteiger partial charge in [-0.05, 0) is 37.8 Å². The number of aromatic nitrogens is 1. The number of nitrogens with zero attached hydrogens (tertiary/aromatic N) is 2. The zero-order valence-corrected chi connectivity index (χ0v) is 13.4. The molecule has 22 heavy (non-hydrogen) atoms. The molecule has 1 aromatic heterocycles. The lowest BCUT2D eigenvalue weighted by Crippen LogP contribution is -2.20. The largest absolute Gasteiger partial charge is 0.289 e. The summed E-state index contributed by atoms with van der Waals surface area (Å²) in [6.45, 7) is 0. The predicted octanol–water partition coefficient (Wildman–Crippen LogP) is 4.47. The molecule has 0 spiro atoms. The van der Waals surface area contributed by atoms with E-state index < -0.39 is 0 Å². The number of pyridine rings is 1. The Morgan fingerprint density at radius 3 is 2.05 bits per heavy atom. The summed E-state index contributed by atoms with van der Waals surface area (Å²) in [6, 6.07) is 5.32. The lowest BCUT2D eigenvalue weighted by atomic mass is 10.00. The Labute approximate surface area is 133 Å². The monoisotopic (exact) mass is 301 g/mol. The van der Waals surface area contributed by atoms with E-state index in [4.69, 9.17) is 0 Å². The zero-order valence-electron chi connectivity index (χ0n) is 13.4. The molecule has 0 saturated heterocycles. The fraction of sp³-hybridized carbons (Fsp3) is 0.611. The molecule has 4 nitrogen and oxygen atoms in total. The van der Waals surface area contributed by atoms with Crippen molar-refractivity contribution in [2.45, 2.75) is 70.6 Å². The molecule has 4 heteroatoms. The minimum Gasteiger partial charge on any atom is -0.266 e. The van der Waals surface area contributed by atoms with Crippen LogP contribution < -0.4 is 5.43 Å². The quantitative estimate of drug-likeness (QED) is 0.819. The third-order valence-electron chi connectivity index (χ3n) is 4.14. The molecule has 1 fully saturated rings. The molecule has 1 N–H and O–H groups in total. The molecule has 1 heterocycles. The molecule has 1 saturated carbocycles. The number of rotatable bonds is 2. The van der Waals surface area contributed by atoms with Gasteiger partial charge in [0.1, 0.15) is 5.69 Å². The molecule has 2 rings (SSSR count). The maximum atomic E-state index is 12.0. The second kappa shape index (κ2) is 10.1. The molecule has 1 aromatic rings. The number of carbonyl (C=O) groups is 1. The Hall–Kier alpha value is -1.71. The van der Waals surface area contributed by atoms with Gasteiger partial charge in [0.25, 0.3) is 5.91 Å². The first-order valence-corrected chi connectivity index (χ1v) is 8.63. The van der Waals surface area contributed by atoms with E-state index in [1.54, 1.807) is 18.3 Å². The molecule has 120 valence electrons. The summed E-state index contributed by atoms with van der Waals surface area (Å²) in [5.74, 6) is -0.223. The van der Waals surface area contributed by atoms with Crippen molar-refractivity contribution in [3.63, 3.8) is 0 Å². The Balaban J connectivity index is 1.86. The Morgan fingerprint density at radius 2 is 1.50 bits per heavy atom. The highest BCUT2D eigenvalue weighted by Gasteiger charge is 2.07. The van der Waals surface area contributed by atoms with E-state index in [-0.39, 0.29) is 5.91 Å². The Kier molecular flexibility index (Phi) is 7.64. The van der Waals surface area contributed by atoms with Crippen molar-refractivity contribution in [3.05, 3.63) is 30.1 Å². The van der Waals surface area contributed by atoms with E-state index in [9.17, 15) is 4.79 Å². The Morgan fingerprint density at radius 1 is 0.909 bits per heavy atom. The maximum Gasteiger partial charge on any atom is 0.289 e. The van der Waals surface area contributed by atoms with Crippen molar-refractivity contribution in [2.75, 3.05) is 0 Å². The summed E-state index contributed by atoms with van der Waals surface area (Å²) >= 11 is 0. The third kappa shape index (κ3) is 6.37. The van der Waals surface area contributed by atoms with Crippen LogP contribution in [0.2, 0.25) is 0 Å². The highest BCUT2D eigenvalue weighted by Crippen LogP contribution is 2.15. The summed E-state index contributed by atoms with van der Waals surface area (Å²) in [5.41, 5.74) is 4.21.